The Kier molecular flexibility index (Phi) is 24.2. The van der Waals surface area contributed by atoms with Gasteiger partial charge in [0.1, 0.15) is 24.7 Å². The number of allylic oxidation sites excluding steroid dienone is 2. The molecule has 2 heterocycles. The molecule has 372 valence electrons. The third-order valence-corrected chi connectivity index (χ3v) is 12.7. The number of carbonyl (C=O) groups is 4. The molecule has 4 aromatic rings. The number of nitrogen functional groups attached to an aromatic ring is 1. The van der Waals surface area contributed by atoms with Gasteiger partial charge in [-0.3, -0.25) is 29.0 Å². The van der Waals surface area contributed by atoms with Crippen LogP contribution in [-0.2, 0) is 19.2 Å². The van der Waals surface area contributed by atoms with Crippen LogP contribution in [0.4, 0.5) is 22.7 Å². The van der Waals surface area contributed by atoms with Crippen molar-refractivity contribution in [1.29, 1.82) is 0 Å². The molecule has 3 amide bonds. The molecule has 6 N–H and O–H groups in total. The molecular formula is C52H64Cl4N6O7. The van der Waals surface area contributed by atoms with E-state index in [0.717, 1.165) is 44.8 Å². The monoisotopic (exact) mass is 1020 g/mol. The number of nitrogens with two attached hydrogens (primary N) is 1. The second-order valence-electron chi connectivity index (χ2n) is 16.7. The van der Waals surface area contributed by atoms with Gasteiger partial charge >= 0.3 is 5.97 Å². The summed E-state index contributed by atoms with van der Waals surface area (Å²) < 4.78 is 11.8. The molecule has 4 aromatic carbocycles. The number of hydrogen-bond donors (Lipinski definition) is 5. The van der Waals surface area contributed by atoms with E-state index in [4.69, 9.17) is 66.7 Å². The molecule has 2 aliphatic heterocycles. The number of nitrogens with one attached hydrogen (secondary N) is 3. The van der Waals surface area contributed by atoms with Crippen molar-refractivity contribution in [1.82, 2.24) is 9.80 Å². The summed E-state index contributed by atoms with van der Waals surface area (Å²) in [6, 6.07) is 20.5. The predicted octanol–water partition coefficient (Wildman–Crippen LogP) is 11.9. The van der Waals surface area contributed by atoms with Crippen LogP contribution in [0.1, 0.15) is 88.2 Å². The Bertz CT molecular complexity index is 2360. The van der Waals surface area contributed by atoms with Gasteiger partial charge in [0, 0.05) is 50.4 Å². The number of amides is 3. The maximum absolute atomic E-state index is 13.1. The van der Waals surface area contributed by atoms with Gasteiger partial charge in [-0.15, -0.1) is 13.2 Å². The lowest BCUT2D eigenvalue weighted by atomic mass is 9.94. The van der Waals surface area contributed by atoms with Crippen molar-refractivity contribution in [3.63, 3.8) is 0 Å². The average Bonchev–Trinajstić information content (AvgIpc) is 3.31. The number of anilines is 4. The Balaban J connectivity index is 0.000000250. The molecule has 2 unspecified atom stereocenters. The molecule has 2 saturated heterocycles. The average molecular weight is 1030 g/mol. The van der Waals surface area contributed by atoms with Crippen LogP contribution in [0.2, 0.25) is 20.1 Å². The number of ether oxygens (including phenoxy) is 2. The Labute approximate surface area is 426 Å². The van der Waals surface area contributed by atoms with Crippen LogP contribution in [0.15, 0.2) is 98.1 Å². The van der Waals surface area contributed by atoms with Gasteiger partial charge in [0.2, 0.25) is 17.7 Å². The summed E-state index contributed by atoms with van der Waals surface area (Å²) in [5.41, 5.74) is 9.60. The summed E-state index contributed by atoms with van der Waals surface area (Å²) in [4.78, 5) is 51.7. The topological polar surface area (TPSA) is 176 Å². The molecule has 17 heteroatoms. The molecule has 0 spiro atoms. The number of rotatable bonds is 19. The first kappa shape index (κ1) is 56.3. The Hall–Kier alpha value is -5.28. The number of halogens is 4. The summed E-state index contributed by atoms with van der Waals surface area (Å²) in [5.74, 6) is -1.35. The van der Waals surface area contributed by atoms with Crippen LogP contribution in [0.3, 0.4) is 0 Å². The van der Waals surface area contributed by atoms with E-state index in [9.17, 15) is 19.2 Å². The van der Waals surface area contributed by atoms with Gasteiger partial charge in [-0.25, -0.2) is 0 Å². The SMILES string of the molecule is C=CCC(C(=O)Nc1ccc(NC(C)=O)c(OCCN2CCCCC2)c1)c1ccc(Cl)c(Cl)c1.C=CCC(C(=O)O)c1ccc(Cl)c(Cl)c1.CC(=O)Nc1ccc(N)cc1OCCN1CCCCC1. The number of carbonyl (C=O) groups excluding carboxylic acids is 3. The van der Waals surface area contributed by atoms with E-state index in [2.05, 4.69) is 38.9 Å². The number of carboxylic acids is 1. The number of likely N-dealkylation sites (tertiary alicyclic amines) is 2. The zero-order chi connectivity index (χ0) is 50.3. The number of piperidine rings is 2. The third-order valence-electron chi connectivity index (χ3n) is 11.2. The van der Waals surface area contributed by atoms with Crippen LogP contribution >= 0.6 is 46.4 Å². The van der Waals surface area contributed by atoms with Gasteiger partial charge in [-0.1, -0.05) is 83.5 Å². The number of benzene rings is 4. The van der Waals surface area contributed by atoms with Crippen LogP contribution < -0.4 is 31.2 Å². The first-order chi connectivity index (χ1) is 33.1. The van der Waals surface area contributed by atoms with Crippen molar-refractivity contribution in [2.24, 2.45) is 0 Å². The molecule has 2 fully saturated rings. The molecule has 13 nitrogen and oxygen atoms in total. The summed E-state index contributed by atoms with van der Waals surface area (Å²) in [6.45, 7) is 17.5. The van der Waals surface area contributed by atoms with Gasteiger partial charge in [-0.2, -0.15) is 0 Å². The van der Waals surface area contributed by atoms with E-state index in [1.54, 1.807) is 84.9 Å². The largest absolute Gasteiger partial charge is 0.490 e. The first-order valence-electron chi connectivity index (χ1n) is 23.0. The molecule has 0 bridgehead atoms. The molecule has 0 aromatic heterocycles. The van der Waals surface area contributed by atoms with Gasteiger partial charge in [0.15, 0.2) is 0 Å². The molecule has 2 atom stereocenters. The molecule has 0 radical (unpaired) electrons. The zero-order valence-corrected chi connectivity index (χ0v) is 42.4. The predicted molar refractivity (Wildman–Crippen MR) is 282 cm³/mol. The molecule has 0 aliphatic carbocycles. The van der Waals surface area contributed by atoms with Crippen LogP contribution in [0, 0.1) is 0 Å². The standard InChI is InChI=1S/C26H31Cl2N3O3.C15H23N3O2.C11H10Cl2O2/c1-3-7-21(19-8-10-22(27)23(28)16-19)26(33)30-20-9-11-24(29-18(2)32)25(17-20)34-15-14-31-12-5-4-6-13-31;1-12(19)17-14-6-5-13(16)11-15(14)20-10-9-18-7-3-2-4-8-18;1-2-3-8(11(14)15)7-4-5-9(12)10(13)6-7/h3,8-11,16-17,21H,1,4-7,12-15H2,2H3,(H,29,32)(H,30,33);5-6,11H,2-4,7-10,16H2,1H3,(H,17,19);2,4-6,8H,1,3H2,(H,14,15). The van der Waals surface area contributed by atoms with E-state index in [0.29, 0.717) is 86.0 Å². The highest BCUT2D eigenvalue weighted by molar-refractivity contribution is 6.42. The highest BCUT2D eigenvalue weighted by atomic mass is 35.5. The molecular weight excluding hydrogens is 962 g/mol. The summed E-state index contributed by atoms with van der Waals surface area (Å²) in [6.07, 6.45) is 11.7. The van der Waals surface area contributed by atoms with E-state index in [-0.39, 0.29) is 17.7 Å². The van der Waals surface area contributed by atoms with Gasteiger partial charge in [0.05, 0.1) is 43.3 Å². The molecule has 2 aliphatic rings. The van der Waals surface area contributed by atoms with E-state index in [1.807, 2.05) is 0 Å². The second-order valence-corrected chi connectivity index (χ2v) is 18.3. The minimum absolute atomic E-state index is 0.115. The van der Waals surface area contributed by atoms with E-state index < -0.39 is 17.8 Å². The van der Waals surface area contributed by atoms with Crippen LogP contribution in [0.5, 0.6) is 11.5 Å². The van der Waals surface area contributed by atoms with E-state index in [1.165, 1.54) is 52.4 Å². The van der Waals surface area contributed by atoms with Crippen molar-refractivity contribution in [3.8, 4) is 11.5 Å². The number of hydrogen-bond acceptors (Lipinski definition) is 9. The van der Waals surface area contributed by atoms with Crippen molar-refractivity contribution in [2.45, 2.75) is 77.0 Å². The number of nitrogens with zero attached hydrogens (tertiary/aromatic N) is 2. The third kappa shape index (κ3) is 19.6. The van der Waals surface area contributed by atoms with Crippen molar-refractivity contribution >= 4 is 92.8 Å². The Morgan fingerprint density at radius 1 is 0.623 bits per heavy atom. The van der Waals surface area contributed by atoms with Gasteiger partial charge in [0.25, 0.3) is 0 Å². The fraction of sp³-hybridized carbons (Fsp3) is 0.385. The fourth-order valence-electron chi connectivity index (χ4n) is 7.69. The number of carboxylic acid groups (broad SMARTS) is 1. The second kappa shape index (κ2) is 29.7. The number of aliphatic carboxylic acids is 1. The van der Waals surface area contributed by atoms with Crippen molar-refractivity contribution < 1.29 is 33.8 Å². The highest BCUT2D eigenvalue weighted by Crippen LogP contribution is 2.33. The molecule has 69 heavy (non-hydrogen) atoms. The van der Waals surface area contributed by atoms with Crippen molar-refractivity contribution in [3.05, 3.63) is 129 Å². The van der Waals surface area contributed by atoms with E-state index >= 15 is 0 Å². The fourth-order valence-corrected chi connectivity index (χ4v) is 8.31. The first-order valence-corrected chi connectivity index (χ1v) is 24.5. The van der Waals surface area contributed by atoms with Gasteiger partial charge in [-0.05, 0) is 124 Å². The lowest BCUT2D eigenvalue weighted by Crippen LogP contribution is -2.33. The van der Waals surface area contributed by atoms with Crippen LogP contribution in [-0.4, -0.2) is 91.1 Å². The minimum atomic E-state index is -0.895. The van der Waals surface area contributed by atoms with Crippen LogP contribution in [0.25, 0.3) is 0 Å². The maximum Gasteiger partial charge on any atom is 0.311 e. The Morgan fingerprint density at radius 2 is 1.07 bits per heavy atom. The zero-order valence-electron chi connectivity index (χ0n) is 39.3. The summed E-state index contributed by atoms with van der Waals surface area (Å²) >= 11 is 23.7. The summed E-state index contributed by atoms with van der Waals surface area (Å²) in [7, 11) is 0. The Morgan fingerprint density at radius 3 is 1.52 bits per heavy atom. The summed E-state index contributed by atoms with van der Waals surface area (Å²) in [5, 5.41) is 19.1. The highest BCUT2D eigenvalue weighted by Gasteiger charge is 2.22. The van der Waals surface area contributed by atoms with Crippen molar-refractivity contribution in [2.75, 3.05) is 74.2 Å². The lowest BCUT2D eigenvalue weighted by molar-refractivity contribution is -0.138. The normalized spacial score (nSPS) is 14.5. The lowest BCUT2D eigenvalue weighted by Gasteiger charge is -2.26. The smallest absolute Gasteiger partial charge is 0.311 e. The maximum atomic E-state index is 13.1. The minimum Gasteiger partial charge on any atom is -0.490 e. The molecule has 6 rings (SSSR count). The quantitative estimate of drug-likeness (QED) is 0.0449. The molecule has 0 saturated carbocycles. The van der Waals surface area contributed by atoms with Gasteiger partial charge < -0.3 is 36.3 Å².